The molecule has 0 atom stereocenters. The van der Waals surface area contributed by atoms with Gasteiger partial charge in [-0.1, -0.05) is 23.8 Å². The number of methoxy groups -OCH3 is 1. The Labute approximate surface area is 142 Å². The van der Waals surface area contributed by atoms with Gasteiger partial charge in [-0.15, -0.1) is 0 Å². The van der Waals surface area contributed by atoms with E-state index in [1.807, 2.05) is 51.1 Å². The summed E-state index contributed by atoms with van der Waals surface area (Å²) in [6.07, 6.45) is 0.212. The number of carbonyl (C=O) groups excluding carboxylic acids is 1. The summed E-state index contributed by atoms with van der Waals surface area (Å²) in [5.41, 5.74) is 2.63. The van der Waals surface area contributed by atoms with Crippen molar-refractivity contribution in [3.8, 4) is 11.5 Å². The third kappa shape index (κ3) is 3.18. The zero-order valence-electron chi connectivity index (χ0n) is 14.4. The van der Waals surface area contributed by atoms with Gasteiger partial charge in [-0.2, -0.15) is 0 Å². The van der Waals surface area contributed by atoms with Gasteiger partial charge in [0.05, 0.1) is 24.8 Å². The summed E-state index contributed by atoms with van der Waals surface area (Å²) in [6.45, 7) is 5.80. The van der Waals surface area contributed by atoms with E-state index in [2.05, 4.69) is 4.99 Å². The number of ketones is 1. The number of aliphatic imine (C=N–C) groups is 1. The van der Waals surface area contributed by atoms with Gasteiger partial charge in [0, 0.05) is 5.56 Å². The molecule has 4 heteroatoms. The van der Waals surface area contributed by atoms with Gasteiger partial charge >= 0.3 is 0 Å². The predicted molar refractivity (Wildman–Crippen MR) is 94.4 cm³/mol. The van der Waals surface area contributed by atoms with Crippen LogP contribution >= 0.6 is 0 Å². The average Bonchev–Trinajstić information content (AvgIpc) is 2.54. The van der Waals surface area contributed by atoms with Gasteiger partial charge in [-0.05, 0) is 45.0 Å². The molecule has 24 heavy (non-hydrogen) atoms. The molecule has 1 aliphatic heterocycles. The van der Waals surface area contributed by atoms with E-state index in [-0.39, 0.29) is 12.2 Å². The maximum absolute atomic E-state index is 12.8. The number of rotatable bonds is 4. The average molecular weight is 323 g/mol. The van der Waals surface area contributed by atoms with Crippen LogP contribution in [0.3, 0.4) is 0 Å². The summed E-state index contributed by atoms with van der Waals surface area (Å²) < 4.78 is 11.2. The highest BCUT2D eigenvalue weighted by atomic mass is 16.5. The monoisotopic (exact) mass is 323 g/mol. The van der Waals surface area contributed by atoms with E-state index in [4.69, 9.17) is 9.47 Å². The molecule has 0 saturated carbocycles. The van der Waals surface area contributed by atoms with E-state index >= 15 is 0 Å². The molecule has 124 valence electrons. The molecule has 0 amide bonds. The van der Waals surface area contributed by atoms with E-state index in [1.54, 1.807) is 19.2 Å². The van der Waals surface area contributed by atoms with E-state index in [9.17, 15) is 4.79 Å². The van der Waals surface area contributed by atoms with Crippen LogP contribution in [0, 0.1) is 6.92 Å². The van der Waals surface area contributed by atoms with Gasteiger partial charge in [-0.3, -0.25) is 4.79 Å². The summed E-state index contributed by atoms with van der Waals surface area (Å²) in [7, 11) is 1.57. The molecule has 0 N–H and O–H groups in total. The molecule has 0 aliphatic carbocycles. The quantitative estimate of drug-likeness (QED) is 0.793. The fourth-order valence-electron chi connectivity index (χ4n) is 2.89. The lowest BCUT2D eigenvalue weighted by atomic mass is 9.96. The lowest BCUT2D eigenvalue weighted by Gasteiger charge is -2.30. The topological polar surface area (TPSA) is 47.9 Å². The van der Waals surface area contributed by atoms with Crippen LogP contribution in [0.5, 0.6) is 11.5 Å². The smallest absolute Gasteiger partial charge is 0.194 e. The van der Waals surface area contributed by atoms with Crippen molar-refractivity contribution in [2.45, 2.75) is 32.9 Å². The molecule has 0 aromatic heterocycles. The molecule has 2 aromatic carbocycles. The van der Waals surface area contributed by atoms with Gasteiger partial charge < -0.3 is 9.47 Å². The Bertz CT molecular complexity index is 821. The van der Waals surface area contributed by atoms with E-state index in [0.29, 0.717) is 11.3 Å². The fourth-order valence-corrected chi connectivity index (χ4v) is 2.89. The third-order valence-corrected chi connectivity index (χ3v) is 3.95. The molecule has 0 radical (unpaired) electrons. The lowest BCUT2D eigenvalue weighted by molar-refractivity contribution is 0.0991. The fraction of sp³-hybridized carbons (Fsp3) is 0.300. The molecule has 1 aliphatic rings. The predicted octanol–water partition coefficient (Wildman–Crippen LogP) is 4.19. The Morgan fingerprint density at radius 1 is 1.21 bits per heavy atom. The maximum atomic E-state index is 12.8. The van der Waals surface area contributed by atoms with Crippen LogP contribution in [-0.2, 0) is 0 Å². The van der Waals surface area contributed by atoms with E-state index < -0.39 is 5.72 Å². The van der Waals surface area contributed by atoms with E-state index in [1.165, 1.54) is 0 Å². The minimum absolute atomic E-state index is 0.0173. The summed E-state index contributed by atoms with van der Waals surface area (Å²) in [5, 5.41) is 0. The van der Waals surface area contributed by atoms with Crippen molar-refractivity contribution in [2.75, 3.05) is 7.11 Å². The van der Waals surface area contributed by atoms with Crippen molar-refractivity contribution >= 4 is 11.5 Å². The first kappa shape index (κ1) is 16.2. The molecular formula is C20H21NO3. The highest BCUT2D eigenvalue weighted by Gasteiger charge is 2.29. The van der Waals surface area contributed by atoms with Gasteiger partial charge in [0.15, 0.2) is 11.5 Å². The number of hydrogen-bond acceptors (Lipinski definition) is 4. The Hall–Kier alpha value is -2.62. The van der Waals surface area contributed by atoms with Crippen molar-refractivity contribution in [3.05, 3.63) is 59.2 Å². The summed E-state index contributed by atoms with van der Waals surface area (Å²) in [6, 6.07) is 13.2. The molecule has 2 aromatic rings. The largest absolute Gasteiger partial charge is 0.496 e. The molecule has 0 unspecified atom stereocenters. The van der Waals surface area contributed by atoms with Crippen LogP contribution in [0.1, 0.15) is 41.8 Å². The molecule has 4 nitrogen and oxygen atoms in total. The molecule has 3 rings (SSSR count). The number of benzene rings is 2. The van der Waals surface area contributed by atoms with E-state index in [0.717, 1.165) is 22.6 Å². The number of carbonyl (C=O) groups is 1. The number of nitrogens with zero attached hydrogens (tertiary/aromatic N) is 1. The molecule has 0 fully saturated rings. The Morgan fingerprint density at radius 3 is 2.71 bits per heavy atom. The zero-order valence-corrected chi connectivity index (χ0v) is 14.4. The Morgan fingerprint density at radius 2 is 1.96 bits per heavy atom. The second-order valence-corrected chi connectivity index (χ2v) is 6.41. The second kappa shape index (κ2) is 6.11. The van der Waals surface area contributed by atoms with Crippen LogP contribution in [0.4, 0.5) is 0 Å². The first-order valence-electron chi connectivity index (χ1n) is 7.94. The number of ether oxygens (including phenoxy) is 2. The van der Waals surface area contributed by atoms with Gasteiger partial charge in [0.2, 0.25) is 0 Å². The third-order valence-electron chi connectivity index (χ3n) is 3.95. The van der Waals surface area contributed by atoms with Crippen LogP contribution in [0.15, 0.2) is 47.5 Å². The van der Waals surface area contributed by atoms with Gasteiger partial charge in [0.1, 0.15) is 11.5 Å². The number of aryl methyl sites for hydroxylation is 1. The molecule has 0 spiro atoms. The van der Waals surface area contributed by atoms with Crippen LogP contribution in [0.25, 0.3) is 0 Å². The van der Waals surface area contributed by atoms with Crippen molar-refractivity contribution in [2.24, 2.45) is 4.99 Å². The normalized spacial score (nSPS) is 15.1. The van der Waals surface area contributed by atoms with Crippen molar-refractivity contribution in [3.63, 3.8) is 0 Å². The molecule has 0 saturated heterocycles. The number of fused-ring (bicyclic) bond motifs is 1. The minimum Gasteiger partial charge on any atom is -0.496 e. The van der Waals surface area contributed by atoms with Crippen LogP contribution < -0.4 is 9.47 Å². The summed E-state index contributed by atoms with van der Waals surface area (Å²) >= 11 is 0. The highest BCUT2D eigenvalue weighted by molar-refractivity contribution is 6.17. The standard InChI is InChI=1S/C20H21NO3/c1-13-9-10-19-15(11-13)16(21-20(2,3)24-19)12-17(22)14-7-5-6-8-18(14)23-4/h5-11H,12H2,1-4H3. The number of hydrogen-bond donors (Lipinski definition) is 0. The molecule has 0 bridgehead atoms. The number of Topliss-reactive ketones (excluding diaryl/α,β-unsaturated/α-hetero) is 1. The van der Waals surface area contributed by atoms with Crippen molar-refractivity contribution in [1.29, 1.82) is 0 Å². The first-order chi connectivity index (χ1) is 11.4. The number of para-hydroxylation sites is 1. The second-order valence-electron chi connectivity index (χ2n) is 6.41. The Kier molecular flexibility index (Phi) is 4.14. The van der Waals surface area contributed by atoms with Crippen LogP contribution in [0.2, 0.25) is 0 Å². The van der Waals surface area contributed by atoms with Gasteiger partial charge in [-0.25, -0.2) is 4.99 Å². The summed E-state index contributed by atoms with van der Waals surface area (Å²) in [5.74, 6) is 1.33. The molecular weight excluding hydrogens is 302 g/mol. The molecule has 1 heterocycles. The highest BCUT2D eigenvalue weighted by Crippen LogP contribution is 2.32. The summed E-state index contributed by atoms with van der Waals surface area (Å²) in [4.78, 5) is 17.4. The lowest BCUT2D eigenvalue weighted by Crippen LogP contribution is -2.32. The zero-order chi connectivity index (χ0) is 17.3. The Balaban J connectivity index is 1.98. The minimum atomic E-state index is -0.682. The van der Waals surface area contributed by atoms with Crippen LogP contribution in [-0.4, -0.2) is 24.3 Å². The first-order valence-corrected chi connectivity index (χ1v) is 7.94. The van der Waals surface area contributed by atoms with Crippen molar-refractivity contribution < 1.29 is 14.3 Å². The SMILES string of the molecule is COc1ccccc1C(=O)CC1=NC(C)(C)Oc2ccc(C)cc21. The van der Waals surface area contributed by atoms with Gasteiger partial charge in [0.25, 0.3) is 0 Å². The maximum Gasteiger partial charge on any atom is 0.194 e. The van der Waals surface area contributed by atoms with Crippen molar-refractivity contribution in [1.82, 2.24) is 0 Å².